The average Bonchev–Trinajstić information content (AvgIpc) is 2.89. The summed E-state index contributed by atoms with van der Waals surface area (Å²) in [6, 6.07) is 16.8. The maximum Gasteiger partial charge on any atom is 0.412 e. The molecule has 2 aromatic carbocycles. The molecule has 1 atom stereocenters. The summed E-state index contributed by atoms with van der Waals surface area (Å²) in [6.07, 6.45) is 1.05. The SMILES string of the molecule is N#Cc1ccc2c(c1)CC(NC(=O)Oc1ccccc1)C2. The molecule has 0 saturated carbocycles. The fourth-order valence-corrected chi connectivity index (χ4v) is 2.58. The topological polar surface area (TPSA) is 62.1 Å². The number of nitrogens with zero attached hydrogens (tertiary/aromatic N) is 1. The number of carbonyl (C=O) groups excluding carboxylic acids is 1. The molecule has 104 valence electrons. The van der Waals surface area contributed by atoms with Gasteiger partial charge in [0.1, 0.15) is 5.75 Å². The Bertz CT molecular complexity index is 704. The van der Waals surface area contributed by atoms with Gasteiger partial charge < -0.3 is 10.1 Å². The molecular formula is C17H14N2O2. The Balaban J connectivity index is 1.61. The van der Waals surface area contributed by atoms with E-state index in [1.54, 1.807) is 12.1 Å². The minimum Gasteiger partial charge on any atom is -0.410 e. The van der Waals surface area contributed by atoms with E-state index in [0.717, 1.165) is 18.4 Å². The number of para-hydroxylation sites is 1. The second-order valence-corrected chi connectivity index (χ2v) is 5.05. The Morgan fingerprint density at radius 1 is 1.14 bits per heavy atom. The van der Waals surface area contributed by atoms with E-state index >= 15 is 0 Å². The fourth-order valence-electron chi connectivity index (χ4n) is 2.58. The molecule has 0 heterocycles. The minimum absolute atomic E-state index is 0.0187. The first-order valence-corrected chi connectivity index (χ1v) is 6.80. The van der Waals surface area contributed by atoms with Gasteiger partial charge in [0, 0.05) is 6.04 Å². The highest BCUT2D eigenvalue weighted by Gasteiger charge is 2.23. The van der Waals surface area contributed by atoms with Crippen molar-refractivity contribution in [3.8, 4) is 11.8 Å². The van der Waals surface area contributed by atoms with Crippen LogP contribution < -0.4 is 10.1 Å². The third kappa shape index (κ3) is 3.03. The summed E-state index contributed by atoms with van der Waals surface area (Å²) in [5.41, 5.74) is 2.96. The van der Waals surface area contributed by atoms with E-state index in [-0.39, 0.29) is 6.04 Å². The molecule has 0 aliphatic heterocycles. The lowest BCUT2D eigenvalue weighted by atomic mass is 10.1. The van der Waals surface area contributed by atoms with Crippen LogP contribution in [0, 0.1) is 11.3 Å². The molecule has 0 fully saturated rings. The van der Waals surface area contributed by atoms with E-state index < -0.39 is 6.09 Å². The highest BCUT2D eigenvalue weighted by atomic mass is 16.6. The molecule has 4 nitrogen and oxygen atoms in total. The van der Waals surface area contributed by atoms with Crippen LogP contribution in [-0.2, 0) is 12.8 Å². The van der Waals surface area contributed by atoms with Gasteiger partial charge in [-0.25, -0.2) is 4.79 Å². The maximum absolute atomic E-state index is 11.9. The minimum atomic E-state index is -0.445. The zero-order chi connectivity index (χ0) is 14.7. The van der Waals surface area contributed by atoms with Gasteiger partial charge >= 0.3 is 6.09 Å². The summed E-state index contributed by atoms with van der Waals surface area (Å²) in [7, 11) is 0. The summed E-state index contributed by atoms with van der Waals surface area (Å²) in [5, 5.41) is 11.8. The first-order valence-electron chi connectivity index (χ1n) is 6.80. The lowest BCUT2D eigenvalue weighted by Gasteiger charge is -2.11. The fraction of sp³-hybridized carbons (Fsp3) is 0.176. The molecule has 0 spiro atoms. The molecule has 21 heavy (non-hydrogen) atoms. The predicted octanol–water partition coefficient (Wildman–Crippen LogP) is 2.81. The number of hydrogen-bond donors (Lipinski definition) is 1. The van der Waals surface area contributed by atoms with Crippen molar-refractivity contribution < 1.29 is 9.53 Å². The Hall–Kier alpha value is -2.80. The first-order chi connectivity index (χ1) is 10.2. The van der Waals surface area contributed by atoms with Crippen molar-refractivity contribution in [1.82, 2.24) is 5.32 Å². The highest BCUT2D eigenvalue weighted by Crippen LogP contribution is 2.23. The largest absolute Gasteiger partial charge is 0.412 e. The van der Waals surface area contributed by atoms with Crippen LogP contribution >= 0.6 is 0 Å². The van der Waals surface area contributed by atoms with Crippen molar-refractivity contribution in [1.29, 1.82) is 5.26 Å². The number of hydrogen-bond acceptors (Lipinski definition) is 3. The normalized spacial score (nSPS) is 15.9. The van der Waals surface area contributed by atoms with E-state index in [4.69, 9.17) is 10.00 Å². The molecule has 0 bridgehead atoms. The van der Waals surface area contributed by atoms with Crippen LogP contribution in [0.15, 0.2) is 48.5 Å². The summed E-state index contributed by atoms with van der Waals surface area (Å²) in [6.45, 7) is 0. The number of carbonyl (C=O) groups is 1. The number of benzene rings is 2. The molecular weight excluding hydrogens is 264 g/mol. The molecule has 1 N–H and O–H groups in total. The zero-order valence-electron chi connectivity index (χ0n) is 11.4. The van der Waals surface area contributed by atoms with Crippen molar-refractivity contribution in [2.45, 2.75) is 18.9 Å². The zero-order valence-corrected chi connectivity index (χ0v) is 11.4. The van der Waals surface area contributed by atoms with Crippen LogP contribution in [-0.4, -0.2) is 12.1 Å². The summed E-state index contributed by atoms with van der Waals surface area (Å²) in [4.78, 5) is 11.9. The molecule has 2 aromatic rings. The number of ether oxygens (including phenoxy) is 1. The van der Waals surface area contributed by atoms with Crippen LogP contribution in [0.5, 0.6) is 5.75 Å². The third-order valence-electron chi connectivity index (χ3n) is 3.54. The molecule has 1 amide bonds. The Morgan fingerprint density at radius 3 is 2.67 bits per heavy atom. The van der Waals surface area contributed by atoms with Crippen LogP contribution in [0.2, 0.25) is 0 Å². The van der Waals surface area contributed by atoms with E-state index in [1.807, 2.05) is 36.4 Å². The second kappa shape index (κ2) is 5.68. The lowest BCUT2D eigenvalue weighted by Crippen LogP contribution is -2.37. The number of rotatable bonds is 2. The molecule has 1 unspecified atom stereocenters. The van der Waals surface area contributed by atoms with Gasteiger partial charge in [-0.2, -0.15) is 5.26 Å². The van der Waals surface area contributed by atoms with Crippen LogP contribution in [0.4, 0.5) is 4.79 Å². The van der Waals surface area contributed by atoms with E-state index in [2.05, 4.69) is 11.4 Å². The quantitative estimate of drug-likeness (QED) is 0.918. The lowest BCUT2D eigenvalue weighted by molar-refractivity contribution is 0.196. The second-order valence-electron chi connectivity index (χ2n) is 5.05. The van der Waals surface area contributed by atoms with E-state index in [0.29, 0.717) is 11.3 Å². The smallest absolute Gasteiger partial charge is 0.410 e. The van der Waals surface area contributed by atoms with Gasteiger partial charge in [-0.15, -0.1) is 0 Å². The molecule has 3 rings (SSSR count). The highest BCUT2D eigenvalue weighted by molar-refractivity contribution is 5.71. The predicted molar refractivity (Wildman–Crippen MR) is 78.0 cm³/mol. The van der Waals surface area contributed by atoms with Crippen LogP contribution in [0.25, 0.3) is 0 Å². The number of amides is 1. The van der Waals surface area contributed by atoms with Crippen molar-refractivity contribution in [2.24, 2.45) is 0 Å². The van der Waals surface area contributed by atoms with Crippen molar-refractivity contribution in [3.63, 3.8) is 0 Å². The number of fused-ring (bicyclic) bond motifs is 1. The van der Waals surface area contributed by atoms with Gasteiger partial charge in [0.2, 0.25) is 0 Å². The van der Waals surface area contributed by atoms with E-state index in [9.17, 15) is 4.79 Å². The molecule has 1 aliphatic rings. The maximum atomic E-state index is 11.9. The van der Waals surface area contributed by atoms with Crippen molar-refractivity contribution in [2.75, 3.05) is 0 Å². The summed E-state index contributed by atoms with van der Waals surface area (Å²) < 4.78 is 5.22. The van der Waals surface area contributed by atoms with Gasteiger partial charge in [0.15, 0.2) is 0 Å². The van der Waals surface area contributed by atoms with Gasteiger partial charge in [-0.3, -0.25) is 0 Å². The van der Waals surface area contributed by atoms with Crippen LogP contribution in [0.3, 0.4) is 0 Å². The summed E-state index contributed by atoms with van der Waals surface area (Å²) >= 11 is 0. The van der Waals surface area contributed by atoms with Gasteiger partial charge in [-0.1, -0.05) is 24.3 Å². The van der Waals surface area contributed by atoms with Crippen LogP contribution in [0.1, 0.15) is 16.7 Å². The Morgan fingerprint density at radius 2 is 1.90 bits per heavy atom. The van der Waals surface area contributed by atoms with Gasteiger partial charge in [0.25, 0.3) is 0 Å². The van der Waals surface area contributed by atoms with Crippen molar-refractivity contribution >= 4 is 6.09 Å². The average molecular weight is 278 g/mol. The molecule has 1 aliphatic carbocycles. The number of nitriles is 1. The monoisotopic (exact) mass is 278 g/mol. The third-order valence-corrected chi connectivity index (χ3v) is 3.54. The molecule has 0 radical (unpaired) electrons. The molecule has 0 aromatic heterocycles. The molecule has 0 saturated heterocycles. The van der Waals surface area contributed by atoms with E-state index in [1.165, 1.54) is 5.56 Å². The standard InChI is InChI=1S/C17H14N2O2/c18-11-12-6-7-13-9-15(10-14(13)8-12)19-17(20)21-16-4-2-1-3-5-16/h1-8,15H,9-10H2,(H,19,20). The van der Waals surface area contributed by atoms with Crippen molar-refractivity contribution in [3.05, 3.63) is 65.2 Å². The first kappa shape index (κ1) is 13.2. The molecule has 4 heteroatoms. The Kier molecular flexibility index (Phi) is 3.57. The Labute approximate surface area is 123 Å². The van der Waals surface area contributed by atoms with Gasteiger partial charge in [-0.05, 0) is 48.2 Å². The number of nitrogens with one attached hydrogen (secondary N) is 1. The van der Waals surface area contributed by atoms with Gasteiger partial charge in [0.05, 0.1) is 11.6 Å². The summed E-state index contributed by atoms with van der Waals surface area (Å²) in [5.74, 6) is 0.525.